The number of rotatable bonds is 8. The van der Waals surface area contributed by atoms with Gasteiger partial charge in [-0.25, -0.2) is 4.18 Å². The first kappa shape index (κ1) is 27.7. The maximum Gasteiger partial charge on any atom is 0.397 e. The first-order chi connectivity index (χ1) is 15.2. The zero-order chi connectivity index (χ0) is 25.1. The molecule has 16 nitrogen and oxygen atoms in total. The highest BCUT2D eigenvalue weighted by Crippen LogP contribution is 2.29. The molecule has 2 heterocycles. The lowest BCUT2D eigenvalue weighted by Gasteiger charge is -2.47. The van der Waals surface area contributed by atoms with Gasteiger partial charge < -0.3 is 50.4 Å². The Hall–Kier alpha value is -1.51. The fourth-order valence-electron chi connectivity index (χ4n) is 3.52. The quantitative estimate of drug-likeness (QED) is 0.144. The van der Waals surface area contributed by atoms with Gasteiger partial charge in [-0.1, -0.05) is 0 Å². The fraction of sp³-hybridized carbons (Fsp3) is 0.875. The monoisotopic (exact) mass is 504 g/mol. The van der Waals surface area contributed by atoms with Crippen LogP contribution in [0, 0.1) is 0 Å². The van der Waals surface area contributed by atoms with Crippen molar-refractivity contribution in [3.8, 4) is 0 Å². The number of nitrogens with one attached hydrogen (secondary N) is 2. The van der Waals surface area contributed by atoms with Crippen molar-refractivity contribution in [1.29, 1.82) is 0 Å². The molecule has 0 radical (unpaired) electrons. The number of ether oxygens (including phenoxy) is 3. The second-order valence-electron chi connectivity index (χ2n) is 7.53. The lowest BCUT2D eigenvalue weighted by molar-refractivity contribution is -0.327. The molecule has 2 saturated heterocycles. The minimum absolute atomic E-state index is 0.663. The number of aliphatic hydroxyl groups is 5. The summed E-state index contributed by atoms with van der Waals surface area (Å²) in [5.41, 5.74) is 0. The Morgan fingerprint density at radius 1 is 0.909 bits per heavy atom. The number of carbonyl (C=O) groups excluding carboxylic acids is 2. The number of carbonyl (C=O) groups is 2. The van der Waals surface area contributed by atoms with Crippen LogP contribution in [0.3, 0.4) is 0 Å². The molecule has 0 spiro atoms. The van der Waals surface area contributed by atoms with E-state index in [1.165, 1.54) is 0 Å². The summed E-state index contributed by atoms with van der Waals surface area (Å²) in [6.45, 7) is 0.454. The van der Waals surface area contributed by atoms with Gasteiger partial charge in [0.1, 0.15) is 48.7 Å². The fourth-order valence-corrected chi connectivity index (χ4v) is 3.83. The third-order valence-electron chi connectivity index (χ3n) is 4.99. The summed E-state index contributed by atoms with van der Waals surface area (Å²) in [5.74, 6) is -1.33. The van der Waals surface area contributed by atoms with Crippen LogP contribution in [0.25, 0.3) is 0 Å². The number of aliphatic hydroxyl groups excluding tert-OH is 5. The van der Waals surface area contributed by atoms with Crippen molar-refractivity contribution in [3.05, 3.63) is 0 Å². The maximum absolute atomic E-state index is 11.6. The van der Waals surface area contributed by atoms with Gasteiger partial charge in [0.25, 0.3) is 0 Å². The van der Waals surface area contributed by atoms with Crippen molar-refractivity contribution in [1.82, 2.24) is 10.6 Å². The second kappa shape index (κ2) is 11.3. The molecule has 0 aromatic heterocycles. The summed E-state index contributed by atoms with van der Waals surface area (Å²) >= 11 is 0. The van der Waals surface area contributed by atoms with Crippen LogP contribution in [0.5, 0.6) is 0 Å². The van der Waals surface area contributed by atoms with Gasteiger partial charge in [0.15, 0.2) is 12.6 Å². The first-order valence-corrected chi connectivity index (χ1v) is 11.1. The Kier molecular flexibility index (Phi) is 9.48. The molecule has 17 heteroatoms. The van der Waals surface area contributed by atoms with Gasteiger partial charge in [0.05, 0.1) is 13.2 Å². The van der Waals surface area contributed by atoms with E-state index >= 15 is 0 Å². The predicted molar refractivity (Wildman–Crippen MR) is 102 cm³/mol. The molecule has 192 valence electrons. The summed E-state index contributed by atoms with van der Waals surface area (Å²) in [5, 5.41) is 55.3. The summed E-state index contributed by atoms with van der Waals surface area (Å²) in [6.07, 6.45) is -13.2. The Morgan fingerprint density at radius 2 is 1.48 bits per heavy atom. The molecule has 2 rings (SSSR count). The van der Waals surface area contributed by atoms with Crippen LogP contribution in [-0.4, -0.2) is 125 Å². The molecule has 2 amide bonds. The molecular weight excluding hydrogens is 476 g/mol. The molecule has 33 heavy (non-hydrogen) atoms. The standard InChI is InChI=1S/C16H28N2O14S/c1-5(20)17-9-13(24)14(8(30-15(9)25)4-29-33(26,27)28)32-16-10(18-6(2)21)12(23)11(22)7(3-19)31-16/h7-16,19,22-25H,3-4H2,1-2H3,(H,17,20)(H,18,21)(H,26,27,28)/t7-,8-,9-,10-,11+,12-,13-,14-,15-,16+/m1/s1. The number of hydrogen-bond donors (Lipinski definition) is 8. The first-order valence-electron chi connectivity index (χ1n) is 9.70. The Balaban J connectivity index is 2.35. The topological polar surface area (TPSA) is 251 Å². The van der Waals surface area contributed by atoms with Crippen LogP contribution in [0.15, 0.2) is 0 Å². The second-order valence-corrected chi connectivity index (χ2v) is 8.62. The van der Waals surface area contributed by atoms with E-state index in [2.05, 4.69) is 14.8 Å². The smallest absolute Gasteiger partial charge is 0.394 e. The SMILES string of the molecule is CC(=O)N[C@@H]1[C@@H](O)[C@H](O[C@@H]2O[C@H](CO)[C@H](O)[C@H](O)[C@H]2NC(C)=O)[C@@H](COS(=O)(=O)O)O[C@H]1O. The van der Waals surface area contributed by atoms with Crippen LogP contribution in [0.1, 0.15) is 13.8 Å². The van der Waals surface area contributed by atoms with Gasteiger partial charge in [-0.05, 0) is 0 Å². The Labute approximate surface area is 188 Å². The van der Waals surface area contributed by atoms with Crippen LogP contribution < -0.4 is 10.6 Å². The van der Waals surface area contributed by atoms with E-state index in [1.54, 1.807) is 0 Å². The molecule has 0 unspecified atom stereocenters. The van der Waals surface area contributed by atoms with Crippen molar-refractivity contribution in [3.63, 3.8) is 0 Å². The molecule has 0 aromatic rings. The summed E-state index contributed by atoms with van der Waals surface area (Å²) in [4.78, 5) is 23.0. The third-order valence-corrected chi connectivity index (χ3v) is 5.42. The highest BCUT2D eigenvalue weighted by Gasteiger charge is 2.51. The van der Waals surface area contributed by atoms with Crippen molar-refractivity contribution in [2.24, 2.45) is 0 Å². The van der Waals surface area contributed by atoms with Gasteiger partial charge in [0.2, 0.25) is 11.8 Å². The predicted octanol–water partition coefficient (Wildman–Crippen LogP) is -5.28. The van der Waals surface area contributed by atoms with Gasteiger partial charge in [-0.2, -0.15) is 8.42 Å². The van der Waals surface area contributed by atoms with E-state index in [1.807, 2.05) is 0 Å². The van der Waals surface area contributed by atoms with Crippen LogP contribution in [0.2, 0.25) is 0 Å². The summed E-state index contributed by atoms with van der Waals surface area (Å²) in [7, 11) is -4.97. The Morgan fingerprint density at radius 3 is 2.00 bits per heavy atom. The van der Waals surface area contributed by atoms with Gasteiger partial charge >= 0.3 is 10.4 Å². The molecular formula is C16H28N2O14S. The minimum atomic E-state index is -4.97. The Bertz CT molecular complexity index is 796. The van der Waals surface area contributed by atoms with Crippen LogP contribution in [0.4, 0.5) is 0 Å². The van der Waals surface area contributed by atoms with E-state index in [4.69, 9.17) is 18.8 Å². The van der Waals surface area contributed by atoms with Gasteiger partial charge in [-0.3, -0.25) is 14.1 Å². The molecule has 0 aromatic carbocycles. The molecule has 8 N–H and O–H groups in total. The molecule has 0 saturated carbocycles. The van der Waals surface area contributed by atoms with E-state index in [0.29, 0.717) is 0 Å². The maximum atomic E-state index is 11.6. The van der Waals surface area contributed by atoms with Crippen molar-refractivity contribution < 1.29 is 66.5 Å². The lowest BCUT2D eigenvalue weighted by atomic mass is 9.94. The zero-order valence-corrected chi connectivity index (χ0v) is 18.4. The van der Waals surface area contributed by atoms with E-state index < -0.39 is 96.7 Å². The normalized spacial score (nSPS) is 39.6. The summed E-state index contributed by atoms with van der Waals surface area (Å²) in [6, 6.07) is -2.90. The third kappa shape index (κ3) is 7.23. The van der Waals surface area contributed by atoms with Crippen molar-refractivity contribution >= 4 is 22.2 Å². The summed E-state index contributed by atoms with van der Waals surface area (Å²) < 4.78 is 51.3. The highest BCUT2D eigenvalue weighted by molar-refractivity contribution is 7.80. The minimum Gasteiger partial charge on any atom is -0.394 e. The van der Waals surface area contributed by atoms with Crippen LogP contribution >= 0.6 is 0 Å². The zero-order valence-electron chi connectivity index (χ0n) is 17.5. The van der Waals surface area contributed by atoms with E-state index in [0.717, 1.165) is 13.8 Å². The number of amides is 2. The molecule has 10 atom stereocenters. The number of hydrogen-bond acceptors (Lipinski definition) is 13. The average Bonchev–Trinajstić information content (AvgIpc) is 2.70. The molecule has 2 aliphatic rings. The van der Waals surface area contributed by atoms with E-state index in [-0.39, 0.29) is 0 Å². The largest absolute Gasteiger partial charge is 0.397 e. The van der Waals surface area contributed by atoms with Gasteiger partial charge in [0, 0.05) is 13.8 Å². The van der Waals surface area contributed by atoms with Crippen molar-refractivity contribution in [2.75, 3.05) is 13.2 Å². The van der Waals surface area contributed by atoms with E-state index in [9.17, 15) is 43.5 Å². The highest BCUT2D eigenvalue weighted by atomic mass is 32.3. The molecule has 2 aliphatic heterocycles. The van der Waals surface area contributed by atoms with Crippen LogP contribution in [-0.2, 0) is 38.4 Å². The average molecular weight is 504 g/mol. The molecule has 0 bridgehead atoms. The molecule has 0 aliphatic carbocycles. The lowest BCUT2D eigenvalue weighted by Crippen LogP contribution is -2.69. The van der Waals surface area contributed by atoms with Crippen molar-refractivity contribution in [2.45, 2.75) is 75.1 Å². The molecule has 2 fully saturated rings. The van der Waals surface area contributed by atoms with Gasteiger partial charge in [-0.15, -0.1) is 0 Å².